The Hall–Kier alpha value is -7.30. The quantitative estimate of drug-likeness (QED) is 0.153. The Balaban J connectivity index is 0.000000248. The van der Waals surface area contributed by atoms with Crippen molar-refractivity contribution in [3.8, 4) is 23.9 Å². The van der Waals surface area contributed by atoms with Crippen molar-refractivity contribution in [1.29, 1.82) is 10.5 Å². The van der Waals surface area contributed by atoms with Gasteiger partial charge in [-0.3, -0.25) is 19.0 Å². The summed E-state index contributed by atoms with van der Waals surface area (Å²) in [4.78, 5) is 61.3. The smallest absolute Gasteiger partial charge is 0.343 e. The van der Waals surface area contributed by atoms with Crippen molar-refractivity contribution >= 4 is 55.4 Å². The highest BCUT2D eigenvalue weighted by molar-refractivity contribution is 7.89. The van der Waals surface area contributed by atoms with Crippen LogP contribution in [0.3, 0.4) is 0 Å². The number of methoxy groups -OCH3 is 2. The lowest BCUT2D eigenvalue weighted by atomic mass is 9.96. The second-order valence-corrected chi connectivity index (χ2v) is 18.2. The van der Waals surface area contributed by atoms with Crippen LogP contribution in [0.1, 0.15) is 69.7 Å². The molecule has 0 atom stereocenters. The second kappa shape index (κ2) is 22.5. The Bertz CT molecular complexity index is 2710. The maximum Gasteiger partial charge on any atom is 0.343 e. The molecule has 4 heterocycles. The van der Waals surface area contributed by atoms with Gasteiger partial charge in [0.1, 0.15) is 23.3 Å². The summed E-state index contributed by atoms with van der Waals surface area (Å²) in [7, 11) is -4.95. The largest absolute Gasteiger partial charge is 0.480 e. The number of anilines is 2. The highest BCUT2D eigenvalue weighted by Gasteiger charge is 2.37. The maximum atomic E-state index is 12.6. The van der Waals surface area contributed by atoms with Crippen LogP contribution in [0.2, 0.25) is 0 Å². The van der Waals surface area contributed by atoms with Crippen LogP contribution in [0.25, 0.3) is 0 Å². The Labute approximate surface area is 382 Å². The molecule has 0 radical (unpaired) electrons. The molecule has 4 aromatic rings. The predicted octanol–water partition coefficient (Wildman–Crippen LogP) is 3.22. The number of piperidine rings is 1. The van der Waals surface area contributed by atoms with E-state index in [-0.39, 0.29) is 77.6 Å². The summed E-state index contributed by atoms with van der Waals surface area (Å²) in [6, 6.07) is 23.9. The highest BCUT2D eigenvalue weighted by Crippen LogP contribution is 2.32. The van der Waals surface area contributed by atoms with Crippen LogP contribution < -0.4 is 28.7 Å². The van der Waals surface area contributed by atoms with Gasteiger partial charge in [0.2, 0.25) is 43.6 Å². The number of pyridine rings is 2. The number of esters is 2. The number of nitriles is 2. The molecule has 2 aliphatic heterocycles. The zero-order chi connectivity index (χ0) is 48.0. The summed E-state index contributed by atoms with van der Waals surface area (Å²) < 4.78 is 74.0. The van der Waals surface area contributed by atoms with Gasteiger partial charge in [0.15, 0.2) is 11.6 Å². The monoisotopic (exact) mass is 944 g/mol. The molecule has 2 amide bonds. The normalized spacial score (nSPS) is 13.9. The van der Waals surface area contributed by atoms with E-state index >= 15 is 0 Å². The van der Waals surface area contributed by atoms with Gasteiger partial charge in [0.25, 0.3) is 0 Å². The van der Waals surface area contributed by atoms with Crippen molar-refractivity contribution in [3.05, 3.63) is 106 Å². The summed E-state index contributed by atoms with van der Waals surface area (Å²) in [5, 5.41) is 19.1. The van der Waals surface area contributed by atoms with Crippen LogP contribution in [0.15, 0.2) is 72.8 Å². The predicted molar refractivity (Wildman–Crippen MR) is 238 cm³/mol. The minimum atomic E-state index is -3.84. The molecular formula is C44H48N8O12S2. The van der Waals surface area contributed by atoms with Crippen LogP contribution >= 0.6 is 0 Å². The number of ether oxygens (including phenoxy) is 4. The fourth-order valence-electron chi connectivity index (χ4n) is 6.95. The van der Waals surface area contributed by atoms with Crippen molar-refractivity contribution in [2.24, 2.45) is 11.8 Å². The van der Waals surface area contributed by atoms with E-state index in [1.807, 2.05) is 17.0 Å². The first-order chi connectivity index (χ1) is 31.5. The Morgan fingerprint density at radius 3 is 1.42 bits per heavy atom. The number of benzene rings is 2. The van der Waals surface area contributed by atoms with Crippen LogP contribution in [0, 0.1) is 34.5 Å². The van der Waals surface area contributed by atoms with E-state index < -0.39 is 55.6 Å². The van der Waals surface area contributed by atoms with Crippen molar-refractivity contribution in [2.75, 3.05) is 63.4 Å². The van der Waals surface area contributed by atoms with Gasteiger partial charge in [-0.1, -0.05) is 60.7 Å². The average Bonchev–Trinajstić information content (AvgIpc) is 3.28. The molecule has 22 heteroatoms. The zero-order valence-electron chi connectivity index (χ0n) is 36.6. The SMILES string of the molecule is CCOC(=O)c1cc(C#N)c(N2CC(C(=O)NS(=O)(=O)Cc3ccccc3)C2)nc1OC.CCOC(=O)c1cc(C#N)c(N2CCC(C(=O)NS(=O)(=O)Cc3ccccc3)CC2)nc1OC. The molecule has 0 saturated carbocycles. The van der Waals surface area contributed by atoms with Crippen molar-refractivity contribution < 1.29 is 55.0 Å². The first kappa shape index (κ1) is 49.7. The van der Waals surface area contributed by atoms with Crippen molar-refractivity contribution in [2.45, 2.75) is 38.2 Å². The number of amides is 2. The summed E-state index contributed by atoms with van der Waals surface area (Å²) >= 11 is 0. The van der Waals surface area contributed by atoms with Crippen molar-refractivity contribution in [3.63, 3.8) is 0 Å². The van der Waals surface area contributed by atoms with E-state index in [4.69, 9.17) is 18.9 Å². The van der Waals surface area contributed by atoms with Crippen LogP contribution in [0.4, 0.5) is 11.6 Å². The molecule has 2 aromatic heterocycles. The summed E-state index contributed by atoms with van der Waals surface area (Å²) in [5.74, 6) is -3.51. The fourth-order valence-corrected chi connectivity index (χ4v) is 9.30. The van der Waals surface area contributed by atoms with Crippen LogP contribution in [0.5, 0.6) is 11.8 Å². The van der Waals surface area contributed by atoms with E-state index in [2.05, 4.69) is 19.4 Å². The Morgan fingerprint density at radius 1 is 0.652 bits per heavy atom. The standard InChI is InChI=1S/C23H26N4O6S.C21H22N4O6S/c1-3-33-23(29)19-13-18(14-24)20(25-22(19)32-2)27-11-9-17(10-12-27)21(28)26-34(30,31)15-16-7-5-4-6-8-16;1-3-31-21(27)17-9-15(10-22)18(23-20(17)30-2)25-11-16(12-25)19(26)24-32(28,29)13-14-7-5-4-6-8-14/h4-8,13,17H,3,9-12,15H2,1-2H3,(H,26,28);4-9,16H,3,11-13H2,1-2H3,(H,24,26). The van der Waals surface area contributed by atoms with Gasteiger partial charge in [0.05, 0.1) is 56.0 Å². The van der Waals surface area contributed by atoms with E-state index in [1.54, 1.807) is 79.4 Å². The number of hydrogen-bond donors (Lipinski definition) is 2. The van der Waals surface area contributed by atoms with Gasteiger partial charge in [-0.05, 0) is 49.9 Å². The van der Waals surface area contributed by atoms with Crippen LogP contribution in [-0.4, -0.2) is 104 Å². The lowest BCUT2D eigenvalue weighted by molar-refractivity contribution is -0.124. The molecule has 0 spiro atoms. The zero-order valence-corrected chi connectivity index (χ0v) is 38.2. The molecule has 20 nitrogen and oxygen atoms in total. The molecule has 2 aliphatic rings. The minimum Gasteiger partial charge on any atom is -0.480 e. The number of carbonyl (C=O) groups excluding carboxylic acids is 4. The summed E-state index contributed by atoms with van der Waals surface area (Å²) in [5.41, 5.74) is 1.54. The Kier molecular flexibility index (Phi) is 17.0. The number of aromatic nitrogens is 2. The lowest BCUT2D eigenvalue weighted by Gasteiger charge is -2.39. The first-order valence-electron chi connectivity index (χ1n) is 20.5. The molecule has 2 fully saturated rings. The molecule has 2 aromatic carbocycles. The molecule has 2 saturated heterocycles. The molecule has 0 unspecified atom stereocenters. The van der Waals surface area contributed by atoms with Gasteiger partial charge >= 0.3 is 11.9 Å². The molecule has 0 bridgehead atoms. The third kappa shape index (κ3) is 12.9. The number of hydrogen-bond acceptors (Lipinski definition) is 18. The number of sulfonamides is 2. The summed E-state index contributed by atoms with van der Waals surface area (Å²) in [6.07, 6.45) is 0.752. The third-order valence-corrected chi connectivity index (χ3v) is 12.6. The lowest BCUT2D eigenvalue weighted by Crippen LogP contribution is -2.55. The molecule has 66 heavy (non-hydrogen) atoms. The topological polar surface area (TPSA) is 277 Å². The number of nitrogens with zero attached hydrogens (tertiary/aromatic N) is 6. The first-order valence-corrected chi connectivity index (χ1v) is 23.8. The second-order valence-electron chi connectivity index (χ2n) is 14.8. The van der Waals surface area contributed by atoms with Gasteiger partial charge in [-0.2, -0.15) is 20.5 Å². The van der Waals surface area contributed by atoms with Crippen molar-refractivity contribution in [1.82, 2.24) is 19.4 Å². The van der Waals surface area contributed by atoms with E-state index in [9.17, 15) is 46.5 Å². The molecule has 2 N–H and O–H groups in total. The number of nitrogens with one attached hydrogen (secondary N) is 2. The Morgan fingerprint density at radius 2 is 1.05 bits per heavy atom. The third-order valence-electron chi connectivity index (χ3n) is 10.2. The number of carbonyl (C=O) groups is 4. The van der Waals surface area contributed by atoms with Gasteiger partial charge in [0, 0.05) is 32.1 Å². The maximum absolute atomic E-state index is 12.6. The van der Waals surface area contributed by atoms with E-state index in [0.717, 1.165) is 0 Å². The van der Waals surface area contributed by atoms with E-state index in [0.29, 0.717) is 42.9 Å². The molecule has 348 valence electrons. The van der Waals surface area contributed by atoms with Gasteiger partial charge in [-0.15, -0.1) is 0 Å². The number of rotatable bonds is 16. The minimum absolute atomic E-state index is 0.00390. The summed E-state index contributed by atoms with van der Waals surface area (Å²) in [6.45, 7) is 4.73. The highest BCUT2D eigenvalue weighted by atomic mass is 32.2. The fraction of sp³-hybridized carbons (Fsp3) is 0.364. The van der Waals surface area contributed by atoms with Gasteiger partial charge < -0.3 is 28.7 Å². The average molecular weight is 945 g/mol. The van der Waals surface area contributed by atoms with E-state index in [1.165, 1.54) is 26.4 Å². The molecule has 0 aliphatic carbocycles. The molecule has 6 rings (SSSR count). The van der Waals surface area contributed by atoms with Crippen LogP contribution in [-0.2, 0) is 50.6 Å². The molecular weight excluding hydrogens is 897 g/mol. The van der Waals surface area contributed by atoms with Gasteiger partial charge in [-0.25, -0.2) is 26.4 Å².